The van der Waals surface area contributed by atoms with Gasteiger partial charge in [0.2, 0.25) is 0 Å². The summed E-state index contributed by atoms with van der Waals surface area (Å²) in [5, 5.41) is 0. The fourth-order valence-electron chi connectivity index (χ4n) is 2.21. The maximum Gasteiger partial charge on any atom is 0.133 e. The van der Waals surface area contributed by atoms with Gasteiger partial charge in [0.25, 0.3) is 0 Å². The number of likely N-dealkylation sites (N-methyl/N-ethyl adjacent to an activating group) is 1. The highest BCUT2D eigenvalue weighted by atomic mass is 79.9. The summed E-state index contributed by atoms with van der Waals surface area (Å²) >= 11 is 3.53. The topological polar surface area (TPSA) is 38.5 Å². The van der Waals surface area contributed by atoms with Crippen LogP contribution in [0.2, 0.25) is 0 Å². The third-order valence-corrected chi connectivity index (χ3v) is 3.76. The molecule has 102 valence electrons. The van der Waals surface area contributed by atoms with Crippen molar-refractivity contribution in [1.82, 2.24) is 4.90 Å². The molecule has 3 nitrogen and oxygen atoms in total. The molecular formula is C14H23BrN2O. The SMILES string of the molecule is CCCN(CC)C(CN)c1ccc(OC)c(Br)c1. The summed E-state index contributed by atoms with van der Waals surface area (Å²) in [4.78, 5) is 2.41. The number of nitrogens with zero attached hydrogens (tertiary/aromatic N) is 1. The van der Waals surface area contributed by atoms with Crippen LogP contribution in [-0.2, 0) is 0 Å². The van der Waals surface area contributed by atoms with Crippen molar-refractivity contribution in [2.45, 2.75) is 26.3 Å². The molecule has 1 unspecified atom stereocenters. The van der Waals surface area contributed by atoms with E-state index in [2.05, 4.69) is 46.8 Å². The second-order valence-corrected chi connectivity index (χ2v) is 5.13. The van der Waals surface area contributed by atoms with E-state index in [-0.39, 0.29) is 6.04 Å². The van der Waals surface area contributed by atoms with Gasteiger partial charge in [-0.05, 0) is 53.1 Å². The first-order valence-electron chi connectivity index (χ1n) is 6.45. The van der Waals surface area contributed by atoms with E-state index >= 15 is 0 Å². The van der Waals surface area contributed by atoms with Crippen molar-refractivity contribution in [3.05, 3.63) is 28.2 Å². The van der Waals surface area contributed by atoms with E-state index in [0.717, 1.165) is 29.7 Å². The summed E-state index contributed by atoms with van der Waals surface area (Å²) in [6.07, 6.45) is 1.14. The molecule has 4 heteroatoms. The van der Waals surface area contributed by atoms with Gasteiger partial charge in [-0.3, -0.25) is 4.90 Å². The van der Waals surface area contributed by atoms with Crippen LogP contribution in [0.15, 0.2) is 22.7 Å². The number of halogens is 1. The van der Waals surface area contributed by atoms with E-state index in [1.807, 2.05) is 6.07 Å². The monoisotopic (exact) mass is 314 g/mol. The molecule has 0 heterocycles. The van der Waals surface area contributed by atoms with Gasteiger partial charge < -0.3 is 10.5 Å². The maximum absolute atomic E-state index is 5.94. The highest BCUT2D eigenvalue weighted by Gasteiger charge is 2.17. The predicted octanol–water partition coefficient (Wildman–Crippen LogP) is 3.19. The Balaban J connectivity index is 2.97. The Labute approximate surface area is 118 Å². The van der Waals surface area contributed by atoms with Crippen molar-refractivity contribution in [1.29, 1.82) is 0 Å². The normalized spacial score (nSPS) is 12.8. The van der Waals surface area contributed by atoms with Gasteiger partial charge in [-0.15, -0.1) is 0 Å². The zero-order chi connectivity index (χ0) is 13.5. The molecule has 2 N–H and O–H groups in total. The summed E-state index contributed by atoms with van der Waals surface area (Å²) in [6, 6.07) is 6.47. The van der Waals surface area contributed by atoms with Crippen molar-refractivity contribution in [3.8, 4) is 5.75 Å². The summed E-state index contributed by atoms with van der Waals surface area (Å²) in [6.45, 7) is 7.09. The van der Waals surface area contributed by atoms with Crippen LogP contribution < -0.4 is 10.5 Å². The van der Waals surface area contributed by atoms with Crippen LogP contribution in [0.4, 0.5) is 0 Å². The van der Waals surface area contributed by atoms with E-state index in [9.17, 15) is 0 Å². The third kappa shape index (κ3) is 3.70. The number of hydrogen-bond acceptors (Lipinski definition) is 3. The summed E-state index contributed by atoms with van der Waals surface area (Å²) in [5.74, 6) is 0.855. The molecule has 0 aliphatic carbocycles. The highest BCUT2D eigenvalue weighted by Crippen LogP contribution is 2.29. The van der Waals surface area contributed by atoms with E-state index in [0.29, 0.717) is 6.54 Å². The van der Waals surface area contributed by atoms with E-state index < -0.39 is 0 Å². The maximum atomic E-state index is 5.94. The van der Waals surface area contributed by atoms with Gasteiger partial charge >= 0.3 is 0 Å². The minimum absolute atomic E-state index is 0.275. The minimum atomic E-state index is 0.275. The Morgan fingerprint density at radius 2 is 2.11 bits per heavy atom. The van der Waals surface area contributed by atoms with Crippen LogP contribution in [0.25, 0.3) is 0 Å². The van der Waals surface area contributed by atoms with Crippen LogP contribution in [0.1, 0.15) is 31.9 Å². The van der Waals surface area contributed by atoms with Gasteiger partial charge in [0, 0.05) is 12.6 Å². The largest absolute Gasteiger partial charge is 0.496 e. The van der Waals surface area contributed by atoms with Gasteiger partial charge in [-0.25, -0.2) is 0 Å². The Kier molecular flexibility index (Phi) is 6.68. The van der Waals surface area contributed by atoms with Gasteiger partial charge in [0.05, 0.1) is 11.6 Å². The number of methoxy groups -OCH3 is 1. The highest BCUT2D eigenvalue weighted by molar-refractivity contribution is 9.10. The van der Waals surface area contributed by atoms with Crippen LogP contribution in [0.5, 0.6) is 5.75 Å². The Hall–Kier alpha value is -0.580. The number of ether oxygens (including phenoxy) is 1. The zero-order valence-corrected chi connectivity index (χ0v) is 13.0. The fourth-order valence-corrected chi connectivity index (χ4v) is 2.77. The second-order valence-electron chi connectivity index (χ2n) is 4.27. The number of rotatable bonds is 7. The van der Waals surface area contributed by atoms with Crippen LogP contribution in [0.3, 0.4) is 0 Å². The van der Waals surface area contributed by atoms with Crippen molar-refractivity contribution >= 4 is 15.9 Å². The van der Waals surface area contributed by atoms with Crippen LogP contribution in [-0.4, -0.2) is 31.6 Å². The predicted molar refractivity (Wildman–Crippen MR) is 80.0 cm³/mol. The lowest BCUT2D eigenvalue weighted by Gasteiger charge is -2.30. The molecule has 1 aromatic carbocycles. The van der Waals surface area contributed by atoms with Gasteiger partial charge in [-0.2, -0.15) is 0 Å². The van der Waals surface area contributed by atoms with E-state index in [1.165, 1.54) is 5.56 Å². The number of benzene rings is 1. The zero-order valence-electron chi connectivity index (χ0n) is 11.4. The molecule has 0 aliphatic heterocycles. The smallest absolute Gasteiger partial charge is 0.133 e. The lowest BCUT2D eigenvalue weighted by atomic mass is 10.0. The lowest BCUT2D eigenvalue weighted by molar-refractivity contribution is 0.212. The average molecular weight is 315 g/mol. The first-order valence-corrected chi connectivity index (χ1v) is 7.24. The summed E-state index contributed by atoms with van der Waals surface area (Å²) in [7, 11) is 1.68. The fraction of sp³-hybridized carbons (Fsp3) is 0.571. The number of hydrogen-bond donors (Lipinski definition) is 1. The molecule has 0 radical (unpaired) electrons. The molecule has 1 atom stereocenters. The van der Waals surface area contributed by atoms with Gasteiger partial charge in [-0.1, -0.05) is 19.9 Å². The molecule has 1 aromatic rings. The van der Waals surface area contributed by atoms with Crippen molar-refractivity contribution in [2.75, 3.05) is 26.7 Å². The Morgan fingerprint density at radius 1 is 1.39 bits per heavy atom. The standard InChI is InChI=1S/C14H23BrN2O/c1-4-8-17(5-2)13(10-16)11-6-7-14(18-3)12(15)9-11/h6-7,9,13H,4-5,8,10,16H2,1-3H3. The average Bonchev–Trinajstić information content (AvgIpc) is 2.38. The third-order valence-electron chi connectivity index (χ3n) is 3.14. The van der Waals surface area contributed by atoms with Crippen molar-refractivity contribution in [3.63, 3.8) is 0 Å². The second kappa shape index (κ2) is 7.77. The summed E-state index contributed by atoms with van der Waals surface area (Å²) < 4.78 is 6.24. The van der Waals surface area contributed by atoms with Crippen LogP contribution in [0, 0.1) is 0 Å². The molecule has 0 bridgehead atoms. The molecule has 0 spiro atoms. The van der Waals surface area contributed by atoms with Crippen molar-refractivity contribution < 1.29 is 4.74 Å². The molecule has 0 aliphatic rings. The quantitative estimate of drug-likeness (QED) is 0.840. The van der Waals surface area contributed by atoms with Gasteiger partial charge in [0.1, 0.15) is 5.75 Å². The molecule has 0 saturated heterocycles. The van der Waals surface area contributed by atoms with Gasteiger partial charge in [0.15, 0.2) is 0 Å². The molecule has 0 aromatic heterocycles. The molecule has 1 rings (SSSR count). The summed E-state index contributed by atoms with van der Waals surface area (Å²) in [5.41, 5.74) is 7.18. The molecule has 0 fully saturated rings. The minimum Gasteiger partial charge on any atom is -0.496 e. The van der Waals surface area contributed by atoms with E-state index in [1.54, 1.807) is 7.11 Å². The van der Waals surface area contributed by atoms with Crippen LogP contribution >= 0.6 is 15.9 Å². The number of nitrogens with two attached hydrogens (primary N) is 1. The Bertz CT molecular complexity index is 371. The first-order chi connectivity index (χ1) is 8.67. The molecular weight excluding hydrogens is 292 g/mol. The first kappa shape index (κ1) is 15.5. The van der Waals surface area contributed by atoms with E-state index in [4.69, 9.17) is 10.5 Å². The van der Waals surface area contributed by atoms with Crippen molar-refractivity contribution in [2.24, 2.45) is 5.73 Å². The molecule has 18 heavy (non-hydrogen) atoms. The Morgan fingerprint density at radius 3 is 2.56 bits per heavy atom. The lowest BCUT2D eigenvalue weighted by Crippen LogP contribution is -2.34. The molecule has 0 amide bonds. The molecule has 0 saturated carbocycles.